The molecule has 0 aliphatic rings. The molecule has 0 aliphatic heterocycles. The van der Waals surface area contributed by atoms with Gasteiger partial charge in [-0.15, -0.1) is 0 Å². The Kier molecular flexibility index (Phi) is 4.24. The van der Waals surface area contributed by atoms with Crippen molar-refractivity contribution in [1.82, 2.24) is 4.98 Å². The van der Waals surface area contributed by atoms with Crippen LogP contribution in [0.15, 0.2) is 24.5 Å². The van der Waals surface area contributed by atoms with Gasteiger partial charge >= 0.3 is 0 Å². The number of pyridine rings is 1. The molecule has 4 nitrogen and oxygen atoms in total. The molecule has 0 aliphatic carbocycles. The zero-order valence-electron chi connectivity index (χ0n) is 9.18. The lowest BCUT2D eigenvalue weighted by atomic mass is 10.2. The Labute approximate surface area is 90.1 Å². The molecule has 0 saturated carbocycles. The van der Waals surface area contributed by atoms with Crippen LogP contribution in [0.2, 0.25) is 0 Å². The van der Waals surface area contributed by atoms with Crippen LogP contribution in [0.4, 0.5) is 5.69 Å². The molecule has 15 heavy (non-hydrogen) atoms. The van der Waals surface area contributed by atoms with E-state index in [1.54, 1.807) is 24.3 Å². The van der Waals surface area contributed by atoms with E-state index in [1.165, 1.54) is 0 Å². The highest BCUT2D eigenvalue weighted by molar-refractivity contribution is 5.92. The Morgan fingerprint density at radius 3 is 2.67 bits per heavy atom. The molecule has 0 radical (unpaired) electrons. The van der Waals surface area contributed by atoms with Crippen LogP contribution in [0, 0.1) is 0 Å². The summed E-state index contributed by atoms with van der Waals surface area (Å²) < 4.78 is 0. The first-order valence-electron chi connectivity index (χ1n) is 5.03. The Bertz CT molecular complexity index is 311. The van der Waals surface area contributed by atoms with E-state index in [4.69, 9.17) is 5.73 Å². The second kappa shape index (κ2) is 5.46. The van der Waals surface area contributed by atoms with E-state index in [9.17, 15) is 4.79 Å². The van der Waals surface area contributed by atoms with Crippen molar-refractivity contribution >= 4 is 11.6 Å². The van der Waals surface area contributed by atoms with Crippen LogP contribution in [0.1, 0.15) is 19.8 Å². The SMILES string of the molecule is CC(N)CCC(=O)N(C)c1ccncc1. The highest BCUT2D eigenvalue weighted by Gasteiger charge is 2.10. The number of anilines is 1. The summed E-state index contributed by atoms with van der Waals surface area (Å²) in [4.78, 5) is 17.2. The Morgan fingerprint density at radius 1 is 1.53 bits per heavy atom. The summed E-state index contributed by atoms with van der Waals surface area (Å²) in [6.45, 7) is 1.90. The molecule has 0 saturated heterocycles. The number of hydrogen-bond acceptors (Lipinski definition) is 3. The third-order valence-corrected chi connectivity index (χ3v) is 2.24. The normalized spacial score (nSPS) is 12.2. The van der Waals surface area contributed by atoms with E-state index >= 15 is 0 Å². The first-order valence-corrected chi connectivity index (χ1v) is 5.03. The fraction of sp³-hybridized carbons (Fsp3) is 0.455. The molecule has 0 fully saturated rings. The molecule has 1 aromatic heterocycles. The van der Waals surface area contributed by atoms with Gasteiger partial charge < -0.3 is 10.6 Å². The maximum absolute atomic E-state index is 11.7. The minimum absolute atomic E-state index is 0.0693. The van der Waals surface area contributed by atoms with Gasteiger partial charge in [-0.3, -0.25) is 9.78 Å². The second-order valence-electron chi connectivity index (χ2n) is 3.67. The average molecular weight is 207 g/mol. The molecule has 4 heteroatoms. The van der Waals surface area contributed by atoms with E-state index in [0.717, 1.165) is 5.69 Å². The summed E-state index contributed by atoms with van der Waals surface area (Å²) >= 11 is 0. The smallest absolute Gasteiger partial charge is 0.226 e. The molecule has 1 unspecified atom stereocenters. The van der Waals surface area contributed by atoms with Gasteiger partial charge in [0.15, 0.2) is 0 Å². The second-order valence-corrected chi connectivity index (χ2v) is 3.67. The predicted molar refractivity (Wildman–Crippen MR) is 60.5 cm³/mol. The lowest BCUT2D eigenvalue weighted by molar-refractivity contribution is -0.118. The van der Waals surface area contributed by atoms with Crippen molar-refractivity contribution in [2.75, 3.05) is 11.9 Å². The van der Waals surface area contributed by atoms with Gasteiger partial charge in [0, 0.05) is 37.6 Å². The Hall–Kier alpha value is -1.42. The summed E-state index contributed by atoms with van der Waals surface area (Å²) in [5.74, 6) is 0.0819. The number of hydrogen-bond donors (Lipinski definition) is 1. The maximum Gasteiger partial charge on any atom is 0.226 e. The van der Waals surface area contributed by atoms with E-state index in [1.807, 2.05) is 19.1 Å². The molecule has 0 aromatic carbocycles. The van der Waals surface area contributed by atoms with Gasteiger partial charge in [0.05, 0.1) is 0 Å². The topological polar surface area (TPSA) is 59.2 Å². The van der Waals surface area contributed by atoms with Crippen molar-refractivity contribution < 1.29 is 4.79 Å². The van der Waals surface area contributed by atoms with Crippen LogP contribution in [0.25, 0.3) is 0 Å². The number of nitrogens with zero attached hydrogens (tertiary/aromatic N) is 2. The van der Waals surface area contributed by atoms with Crippen molar-refractivity contribution in [3.8, 4) is 0 Å². The lowest BCUT2D eigenvalue weighted by Gasteiger charge is -2.17. The fourth-order valence-electron chi connectivity index (χ4n) is 1.23. The quantitative estimate of drug-likeness (QED) is 0.806. The summed E-state index contributed by atoms with van der Waals surface area (Å²) in [6.07, 6.45) is 4.54. The van der Waals surface area contributed by atoms with Crippen molar-refractivity contribution in [2.45, 2.75) is 25.8 Å². The molecule has 2 N–H and O–H groups in total. The molecule has 0 spiro atoms. The van der Waals surface area contributed by atoms with Gasteiger partial charge in [-0.2, -0.15) is 0 Å². The molecule has 1 atom stereocenters. The van der Waals surface area contributed by atoms with Gasteiger partial charge in [-0.05, 0) is 25.5 Å². The molecule has 1 heterocycles. The molecule has 0 bridgehead atoms. The highest BCUT2D eigenvalue weighted by atomic mass is 16.2. The molecule has 1 amide bonds. The Balaban J connectivity index is 2.54. The number of amides is 1. The van der Waals surface area contributed by atoms with E-state index in [0.29, 0.717) is 12.8 Å². The monoisotopic (exact) mass is 207 g/mol. The van der Waals surface area contributed by atoms with Gasteiger partial charge in [0.2, 0.25) is 5.91 Å². The van der Waals surface area contributed by atoms with Gasteiger partial charge in [-0.1, -0.05) is 0 Å². The number of rotatable bonds is 4. The van der Waals surface area contributed by atoms with Crippen molar-refractivity contribution in [3.63, 3.8) is 0 Å². The van der Waals surface area contributed by atoms with Crippen molar-refractivity contribution in [2.24, 2.45) is 5.73 Å². The van der Waals surface area contributed by atoms with E-state index in [-0.39, 0.29) is 11.9 Å². The maximum atomic E-state index is 11.7. The molecule has 1 rings (SSSR count). The third-order valence-electron chi connectivity index (χ3n) is 2.24. The standard InChI is InChI=1S/C11H17N3O/c1-9(12)3-4-11(15)14(2)10-5-7-13-8-6-10/h5-9H,3-4,12H2,1-2H3. The van der Waals surface area contributed by atoms with Crippen LogP contribution < -0.4 is 10.6 Å². The zero-order valence-corrected chi connectivity index (χ0v) is 9.18. The number of nitrogens with two attached hydrogens (primary N) is 1. The molecule has 1 aromatic rings. The summed E-state index contributed by atoms with van der Waals surface area (Å²) in [5, 5.41) is 0. The summed E-state index contributed by atoms with van der Waals surface area (Å²) in [7, 11) is 1.76. The van der Waals surface area contributed by atoms with Crippen LogP contribution in [-0.4, -0.2) is 24.0 Å². The first-order chi connectivity index (χ1) is 7.11. The van der Waals surface area contributed by atoms with Gasteiger partial charge in [0.1, 0.15) is 0 Å². The lowest BCUT2D eigenvalue weighted by Crippen LogP contribution is -2.28. The fourth-order valence-corrected chi connectivity index (χ4v) is 1.23. The van der Waals surface area contributed by atoms with Crippen molar-refractivity contribution in [1.29, 1.82) is 0 Å². The average Bonchev–Trinajstić information content (AvgIpc) is 2.26. The Morgan fingerprint density at radius 2 is 2.13 bits per heavy atom. The highest BCUT2D eigenvalue weighted by Crippen LogP contribution is 2.11. The summed E-state index contributed by atoms with van der Waals surface area (Å²) in [6, 6.07) is 3.69. The van der Waals surface area contributed by atoms with Crippen LogP contribution in [0.3, 0.4) is 0 Å². The van der Waals surface area contributed by atoms with Crippen LogP contribution in [-0.2, 0) is 4.79 Å². The zero-order chi connectivity index (χ0) is 11.3. The van der Waals surface area contributed by atoms with Crippen LogP contribution in [0.5, 0.6) is 0 Å². The van der Waals surface area contributed by atoms with Gasteiger partial charge in [0.25, 0.3) is 0 Å². The van der Waals surface area contributed by atoms with Crippen molar-refractivity contribution in [3.05, 3.63) is 24.5 Å². The number of aromatic nitrogens is 1. The molecular formula is C11H17N3O. The largest absolute Gasteiger partial charge is 0.328 e. The van der Waals surface area contributed by atoms with E-state index in [2.05, 4.69) is 4.98 Å². The van der Waals surface area contributed by atoms with Gasteiger partial charge in [-0.25, -0.2) is 0 Å². The molecular weight excluding hydrogens is 190 g/mol. The minimum Gasteiger partial charge on any atom is -0.328 e. The number of carbonyl (C=O) groups is 1. The predicted octanol–water partition coefficient (Wildman–Crippen LogP) is 1.17. The molecule has 82 valence electrons. The van der Waals surface area contributed by atoms with Crippen LogP contribution >= 0.6 is 0 Å². The van der Waals surface area contributed by atoms with E-state index < -0.39 is 0 Å². The first kappa shape index (κ1) is 11.7. The minimum atomic E-state index is 0.0693. The summed E-state index contributed by atoms with van der Waals surface area (Å²) in [5.41, 5.74) is 6.46. The third kappa shape index (κ3) is 3.67. The number of carbonyl (C=O) groups excluding carboxylic acids is 1.